The molecule has 0 aliphatic rings. The largest absolute Gasteiger partial charge is 0.494 e. The molecule has 0 aliphatic heterocycles. The molecule has 0 fully saturated rings. The van der Waals surface area contributed by atoms with Crippen molar-refractivity contribution in [2.75, 3.05) is 18.5 Å². The lowest BCUT2D eigenvalue weighted by atomic mass is 10.3. The number of nitrogens with zero attached hydrogens (tertiary/aromatic N) is 2. The number of aliphatic imine (C=N–C) groups is 1. The Bertz CT molecular complexity index is 768. The van der Waals surface area contributed by atoms with Crippen LogP contribution < -0.4 is 14.8 Å². The Kier molecular flexibility index (Phi) is 7.17. The van der Waals surface area contributed by atoms with E-state index in [1.807, 2.05) is 13.8 Å². The summed E-state index contributed by atoms with van der Waals surface area (Å²) in [5, 5.41) is 14.1. The highest BCUT2D eigenvalue weighted by Gasteiger charge is 2.07. The number of hydrogen-bond acceptors (Lipinski definition) is 6. The molecule has 0 amide bonds. The number of rotatable bonds is 9. The highest BCUT2D eigenvalue weighted by atomic mass is 16.6. The van der Waals surface area contributed by atoms with Gasteiger partial charge in [-0.15, -0.1) is 0 Å². The van der Waals surface area contributed by atoms with Crippen LogP contribution in [-0.4, -0.2) is 24.4 Å². The molecule has 0 atom stereocenters. The predicted octanol–water partition coefficient (Wildman–Crippen LogP) is 4.42. The Labute approximate surface area is 152 Å². The molecule has 2 aromatic carbocycles. The topological polar surface area (TPSA) is 86.0 Å². The summed E-state index contributed by atoms with van der Waals surface area (Å²) in [6, 6.07) is 14.1. The van der Waals surface area contributed by atoms with E-state index in [0.717, 1.165) is 11.5 Å². The van der Waals surface area contributed by atoms with Crippen LogP contribution in [0.5, 0.6) is 11.5 Å². The van der Waals surface area contributed by atoms with Crippen molar-refractivity contribution >= 4 is 17.6 Å². The van der Waals surface area contributed by atoms with Gasteiger partial charge in [0.2, 0.25) is 0 Å². The average Bonchev–Trinajstić information content (AvgIpc) is 2.64. The smallest absolute Gasteiger partial charge is 0.303 e. The number of ether oxygens (including phenoxy) is 2. The van der Waals surface area contributed by atoms with E-state index in [4.69, 9.17) is 9.47 Å². The Hall–Kier alpha value is -3.35. The third kappa shape index (κ3) is 5.94. The van der Waals surface area contributed by atoms with Gasteiger partial charge >= 0.3 is 5.70 Å². The van der Waals surface area contributed by atoms with Crippen LogP contribution in [0.1, 0.15) is 13.8 Å². The van der Waals surface area contributed by atoms with Crippen molar-refractivity contribution < 1.29 is 14.4 Å². The number of hydrogen-bond donors (Lipinski definition) is 1. The van der Waals surface area contributed by atoms with Crippen LogP contribution in [0.3, 0.4) is 0 Å². The van der Waals surface area contributed by atoms with Crippen LogP contribution in [0, 0.1) is 10.1 Å². The van der Waals surface area contributed by atoms with Gasteiger partial charge in [0.25, 0.3) is 0 Å². The van der Waals surface area contributed by atoms with Gasteiger partial charge in [0, 0.05) is 5.69 Å². The zero-order chi connectivity index (χ0) is 18.8. The van der Waals surface area contributed by atoms with E-state index in [0.29, 0.717) is 24.6 Å². The fourth-order valence-corrected chi connectivity index (χ4v) is 2.04. The highest BCUT2D eigenvalue weighted by Crippen LogP contribution is 2.18. The molecule has 0 saturated heterocycles. The van der Waals surface area contributed by atoms with Gasteiger partial charge in [0.15, 0.2) is 0 Å². The summed E-state index contributed by atoms with van der Waals surface area (Å²) in [5.41, 5.74) is 1.15. The molecule has 7 nitrogen and oxygen atoms in total. The van der Waals surface area contributed by atoms with Crippen LogP contribution >= 0.6 is 0 Å². The van der Waals surface area contributed by atoms with Gasteiger partial charge in [-0.05, 0) is 62.4 Å². The first-order chi connectivity index (χ1) is 12.6. The van der Waals surface area contributed by atoms with Gasteiger partial charge in [0.1, 0.15) is 17.7 Å². The summed E-state index contributed by atoms with van der Waals surface area (Å²) in [5.74, 6) is 1.47. The second kappa shape index (κ2) is 9.83. The average molecular weight is 355 g/mol. The molecule has 0 heterocycles. The van der Waals surface area contributed by atoms with Crippen molar-refractivity contribution in [2.45, 2.75) is 13.8 Å². The Morgan fingerprint density at radius 2 is 1.58 bits per heavy atom. The van der Waals surface area contributed by atoms with Gasteiger partial charge in [-0.25, -0.2) is 4.99 Å². The van der Waals surface area contributed by atoms with Gasteiger partial charge in [-0.2, -0.15) is 0 Å². The Morgan fingerprint density at radius 3 is 2.08 bits per heavy atom. The maximum absolute atomic E-state index is 11.2. The molecule has 0 aromatic heterocycles. The van der Waals surface area contributed by atoms with Crippen molar-refractivity contribution in [2.24, 2.45) is 4.99 Å². The van der Waals surface area contributed by atoms with E-state index in [1.165, 1.54) is 12.4 Å². The summed E-state index contributed by atoms with van der Waals surface area (Å²) >= 11 is 0. The quantitative estimate of drug-likeness (QED) is 0.409. The molecule has 26 heavy (non-hydrogen) atoms. The van der Waals surface area contributed by atoms with Gasteiger partial charge in [-0.1, -0.05) is 0 Å². The van der Waals surface area contributed by atoms with E-state index < -0.39 is 4.92 Å². The SMILES string of the molecule is CCOc1ccc(N=C/C(=C/Nc2ccc(OCC)cc2)[N+](=O)[O-])cc1. The maximum Gasteiger partial charge on any atom is 0.303 e. The highest BCUT2D eigenvalue weighted by molar-refractivity contribution is 5.78. The molecular weight excluding hydrogens is 334 g/mol. The molecule has 0 bridgehead atoms. The molecule has 2 rings (SSSR count). The number of nitro groups is 1. The molecule has 0 spiro atoms. The first-order valence-corrected chi connectivity index (χ1v) is 8.23. The van der Waals surface area contributed by atoms with E-state index >= 15 is 0 Å². The maximum atomic E-state index is 11.2. The van der Waals surface area contributed by atoms with Crippen molar-refractivity contribution in [3.05, 3.63) is 70.5 Å². The van der Waals surface area contributed by atoms with Crippen molar-refractivity contribution in [3.8, 4) is 11.5 Å². The Morgan fingerprint density at radius 1 is 1.04 bits per heavy atom. The molecule has 0 unspecified atom stereocenters. The van der Waals surface area contributed by atoms with E-state index in [9.17, 15) is 10.1 Å². The fraction of sp³-hybridized carbons (Fsp3) is 0.211. The first kappa shape index (κ1) is 19.0. The molecule has 136 valence electrons. The minimum absolute atomic E-state index is 0.159. The number of nitrogens with one attached hydrogen (secondary N) is 1. The third-order valence-corrected chi connectivity index (χ3v) is 3.26. The standard InChI is InChI=1S/C19H21N3O4/c1-3-25-18-9-5-15(6-10-18)20-13-17(22(23)24)14-21-16-7-11-19(12-8-16)26-4-2/h5-14,20H,3-4H2,1-2H3/b17-13-,21-14?. The summed E-state index contributed by atoms with van der Waals surface area (Å²) in [4.78, 5) is 14.8. The molecular formula is C19H21N3O4. The minimum Gasteiger partial charge on any atom is -0.494 e. The lowest BCUT2D eigenvalue weighted by Gasteiger charge is -2.04. The number of benzene rings is 2. The van der Waals surface area contributed by atoms with Crippen LogP contribution in [0.2, 0.25) is 0 Å². The van der Waals surface area contributed by atoms with Crippen molar-refractivity contribution in [1.29, 1.82) is 0 Å². The molecule has 0 saturated carbocycles. The third-order valence-electron chi connectivity index (χ3n) is 3.26. The van der Waals surface area contributed by atoms with Crippen LogP contribution in [-0.2, 0) is 0 Å². The summed E-state index contributed by atoms with van der Waals surface area (Å²) in [7, 11) is 0. The second-order valence-electron chi connectivity index (χ2n) is 5.11. The van der Waals surface area contributed by atoms with E-state index in [-0.39, 0.29) is 5.70 Å². The summed E-state index contributed by atoms with van der Waals surface area (Å²) in [6.07, 6.45) is 2.50. The first-order valence-electron chi connectivity index (χ1n) is 8.23. The lowest BCUT2D eigenvalue weighted by Crippen LogP contribution is -2.03. The van der Waals surface area contributed by atoms with Crippen LogP contribution in [0.4, 0.5) is 11.4 Å². The van der Waals surface area contributed by atoms with Gasteiger partial charge < -0.3 is 14.8 Å². The summed E-state index contributed by atoms with van der Waals surface area (Å²) < 4.78 is 10.7. The molecule has 0 radical (unpaired) electrons. The van der Waals surface area contributed by atoms with Crippen molar-refractivity contribution in [3.63, 3.8) is 0 Å². The second-order valence-corrected chi connectivity index (χ2v) is 5.11. The van der Waals surface area contributed by atoms with E-state index in [1.54, 1.807) is 48.5 Å². The monoisotopic (exact) mass is 355 g/mol. The lowest BCUT2D eigenvalue weighted by molar-refractivity contribution is -0.414. The molecule has 2 aromatic rings. The molecule has 1 N–H and O–H groups in total. The Balaban J connectivity index is 2.05. The molecule has 0 aliphatic carbocycles. The zero-order valence-electron chi connectivity index (χ0n) is 14.7. The van der Waals surface area contributed by atoms with Crippen LogP contribution in [0.15, 0.2) is 65.4 Å². The summed E-state index contributed by atoms with van der Waals surface area (Å²) in [6.45, 7) is 4.97. The minimum atomic E-state index is -0.500. The number of anilines is 1. The zero-order valence-corrected chi connectivity index (χ0v) is 14.7. The van der Waals surface area contributed by atoms with Gasteiger partial charge in [-0.3, -0.25) is 10.1 Å². The van der Waals surface area contributed by atoms with Crippen LogP contribution in [0.25, 0.3) is 0 Å². The van der Waals surface area contributed by atoms with E-state index in [2.05, 4.69) is 10.3 Å². The number of allylic oxidation sites excluding steroid dienone is 1. The van der Waals surface area contributed by atoms with Gasteiger partial charge in [0.05, 0.1) is 30.0 Å². The normalized spacial score (nSPS) is 11.4. The fourth-order valence-electron chi connectivity index (χ4n) is 2.04. The molecule has 7 heteroatoms. The van der Waals surface area contributed by atoms with Crippen molar-refractivity contribution in [1.82, 2.24) is 0 Å². The predicted molar refractivity (Wildman–Crippen MR) is 102 cm³/mol.